The van der Waals surface area contributed by atoms with Crippen LogP contribution in [0.2, 0.25) is 5.28 Å². The Labute approximate surface area is 118 Å². The zero-order valence-electron chi connectivity index (χ0n) is 9.99. The molecule has 3 atom stereocenters. The summed E-state index contributed by atoms with van der Waals surface area (Å²) in [6.07, 6.45) is -0.0159. The van der Waals surface area contributed by atoms with Crippen LogP contribution in [0, 0.1) is 0 Å². The van der Waals surface area contributed by atoms with Crippen LogP contribution in [-0.4, -0.2) is 54.7 Å². The van der Waals surface area contributed by atoms with Gasteiger partial charge in [0.1, 0.15) is 11.5 Å². The van der Waals surface area contributed by atoms with Gasteiger partial charge in [0, 0.05) is 12.8 Å². The molecule has 0 radical (unpaired) electrons. The lowest BCUT2D eigenvalue weighted by Gasteiger charge is -2.17. The molecule has 7 nitrogen and oxygen atoms in total. The van der Waals surface area contributed by atoms with Gasteiger partial charge in [-0.05, 0) is 11.6 Å². The fourth-order valence-corrected chi connectivity index (χ4v) is 3.53. The molecule has 0 spiro atoms. The molecule has 3 rings (SSSR count). The van der Waals surface area contributed by atoms with E-state index in [0.29, 0.717) is 22.7 Å². The number of fused-ring (bicyclic) bond motifs is 1. The highest BCUT2D eigenvalue weighted by Crippen LogP contribution is 2.38. The van der Waals surface area contributed by atoms with Crippen molar-refractivity contribution in [2.75, 3.05) is 18.1 Å². The normalized spacial score (nSPS) is 27.1. The summed E-state index contributed by atoms with van der Waals surface area (Å²) in [6, 6.07) is 0. The van der Waals surface area contributed by atoms with E-state index in [1.54, 1.807) is 17.9 Å². The van der Waals surface area contributed by atoms with Crippen LogP contribution in [0.25, 0.3) is 11.2 Å². The Bertz CT molecular complexity index is 621. The highest BCUT2D eigenvalue weighted by Gasteiger charge is 2.36. The minimum Gasteiger partial charge on any atom is -0.389 e. The van der Waals surface area contributed by atoms with Gasteiger partial charge in [-0.3, -0.25) is 4.57 Å². The number of imidazole rings is 1. The molecular formula is C10H12ClN5O2S. The second-order valence-electron chi connectivity index (χ2n) is 4.20. The summed E-state index contributed by atoms with van der Waals surface area (Å²) in [7, 11) is 1.72. The fraction of sp³-hybridized carbons (Fsp3) is 0.500. The topological polar surface area (TPSA) is 96.1 Å². The van der Waals surface area contributed by atoms with Crippen LogP contribution >= 0.6 is 23.4 Å². The van der Waals surface area contributed by atoms with Crippen molar-refractivity contribution < 1.29 is 10.2 Å². The number of nitrogens with one attached hydrogen (secondary N) is 1. The van der Waals surface area contributed by atoms with Gasteiger partial charge in [0.15, 0.2) is 17.0 Å². The van der Waals surface area contributed by atoms with Gasteiger partial charge in [-0.1, -0.05) is 0 Å². The van der Waals surface area contributed by atoms with Crippen molar-refractivity contribution in [3.63, 3.8) is 0 Å². The third-order valence-electron chi connectivity index (χ3n) is 3.03. The van der Waals surface area contributed by atoms with Crippen molar-refractivity contribution in [2.45, 2.75) is 17.6 Å². The van der Waals surface area contributed by atoms with Gasteiger partial charge in [-0.25, -0.2) is 4.98 Å². The molecule has 0 aliphatic carbocycles. The molecular weight excluding hydrogens is 290 g/mol. The Morgan fingerprint density at radius 3 is 2.89 bits per heavy atom. The van der Waals surface area contributed by atoms with Crippen LogP contribution in [0.5, 0.6) is 0 Å². The lowest BCUT2D eigenvalue weighted by Crippen LogP contribution is -2.27. The number of hydrogen-bond donors (Lipinski definition) is 3. The van der Waals surface area contributed by atoms with Crippen LogP contribution < -0.4 is 5.32 Å². The van der Waals surface area contributed by atoms with Gasteiger partial charge in [-0.2, -0.15) is 9.97 Å². The largest absolute Gasteiger partial charge is 0.389 e. The summed E-state index contributed by atoms with van der Waals surface area (Å²) in [4.78, 5) is 12.4. The number of hydrogen-bond acceptors (Lipinski definition) is 7. The average molecular weight is 302 g/mol. The molecule has 3 N–H and O–H groups in total. The number of aliphatic hydroxyl groups is 2. The molecule has 3 heterocycles. The highest BCUT2D eigenvalue weighted by molar-refractivity contribution is 7.99. The number of rotatable bonds is 2. The maximum Gasteiger partial charge on any atom is 0.226 e. The Hall–Kier alpha value is -1.09. The average Bonchev–Trinajstić information content (AvgIpc) is 2.94. The first-order chi connectivity index (χ1) is 9.11. The Morgan fingerprint density at radius 1 is 1.47 bits per heavy atom. The molecule has 1 aliphatic rings. The summed E-state index contributed by atoms with van der Waals surface area (Å²) >= 11 is 7.33. The first-order valence-corrected chi connectivity index (χ1v) is 7.10. The van der Waals surface area contributed by atoms with E-state index in [1.807, 2.05) is 0 Å². The molecule has 2 aromatic heterocycles. The second-order valence-corrected chi connectivity index (χ2v) is 5.68. The first kappa shape index (κ1) is 12.9. The van der Waals surface area contributed by atoms with Gasteiger partial charge in [0.05, 0.1) is 12.4 Å². The minimum absolute atomic E-state index is 0.108. The second kappa shape index (κ2) is 4.78. The third-order valence-corrected chi connectivity index (χ3v) is 4.58. The molecule has 1 fully saturated rings. The summed E-state index contributed by atoms with van der Waals surface area (Å²) in [5.41, 5.74) is 1.12. The lowest BCUT2D eigenvalue weighted by atomic mass is 10.2. The number of anilines is 1. The number of thioether (sulfide) groups is 1. The number of nitrogens with zero attached hydrogens (tertiary/aromatic N) is 4. The van der Waals surface area contributed by atoms with Gasteiger partial charge in [0.25, 0.3) is 0 Å². The predicted octanol–water partition coefficient (Wildman–Crippen LogP) is 0.489. The van der Waals surface area contributed by atoms with E-state index < -0.39 is 12.2 Å². The Morgan fingerprint density at radius 2 is 2.26 bits per heavy atom. The van der Waals surface area contributed by atoms with E-state index in [-0.39, 0.29) is 10.7 Å². The summed E-state index contributed by atoms with van der Waals surface area (Å²) in [5.74, 6) is 1.01. The Kier molecular flexibility index (Phi) is 3.25. The van der Waals surface area contributed by atoms with Crippen molar-refractivity contribution in [3.8, 4) is 0 Å². The van der Waals surface area contributed by atoms with Crippen molar-refractivity contribution in [1.29, 1.82) is 0 Å². The quantitative estimate of drug-likeness (QED) is 0.695. The van der Waals surface area contributed by atoms with E-state index in [1.165, 1.54) is 11.8 Å². The standard InChI is InChI=1S/C10H12ClN5O2S/c1-12-7-5-8(15-10(11)14-7)16(3-13-5)9-6(18)4(17)2-19-9/h3-4,6,9,17-18H,2H2,1H3,(H,12,14,15)/t4?,6?,9-/m1/s1. The number of aliphatic hydroxyl groups excluding tert-OH is 2. The first-order valence-electron chi connectivity index (χ1n) is 5.67. The van der Waals surface area contributed by atoms with Crippen molar-refractivity contribution in [2.24, 2.45) is 0 Å². The molecule has 2 unspecified atom stereocenters. The maximum atomic E-state index is 9.97. The molecule has 102 valence electrons. The van der Waals surface area contributed by atoms with Gasteiger partial charge in [0.2, 0.25) is 5.28 Å². The summed E-state index contributed by atoms with van der Waals surface area (Å²) < 4.78 is 1.72. The van der Waals surface area contributed by atoms with Crippen molar-refractivity contribution >= 4 is 40.3 Å². The van der Waals surface area contributed by atoms with E-state index in [0.717, 1.165) is 0 Å². The number of aromatic nitrogens is 4. The monoisotopic (exact) mass is 301 g/mol. The highest BCUT2D eigenvalue weighted by atomic mass is 35.5. The van der Waals surface area contributed by atoms with Crippen LogP contribution in [-0.2, 0) is 0 Å². The van der Waals surface area contributed by atoms with Crippen LogP contribution in [0.1, 0.15) is 5.37 Å². The number of halogens is 1. The maximum absolute atomic E-state index is 9.97. The minimum atomic E-state index is -0.853. The van der Waals surface area contributed by atoms with Gasteiger partial charge >= 0.3 is 0 Å². The molecule has 9 heteroatoms. The molecule has 2 aromatic rings. The van der Waals surface area contributed by atoms with Crippen LogP contribution in [0.4, 0.5) is 5.82 Å². The van der Waals surface area contributed by atoms with E-state index in [4.69, 9.17) is 11.6 Å². The van der Waals surface area contributed by atoms with E-state index in [9.17, 15) is 10.2 Å². The fourth-order valence-electron chi connectivity index (χ4n) is 2.08. The van der Waals surface area contributed by atoms with Crippen molar-refractivity contribution in [1.82, 2.24) is 19.5 Å². The van der Waals surface area contributed by atoms with Crippen LogP contribution in [0.15, 0.2) is 6.33 Å². The molecule has 0 bridgehead atoms. The molecule has 1 saturated heterocycles. The zero-order valence-corrected chi connectivity index (χ0v) is 11.6. The predicted molar refractivity (Wildman–Crippen MR) is 73.4 cm³/mol. The Balaban J connectivity index is 2.13. The van der Waals surface area contributed by atoms with Gasteiger partial charge in [-0.15, -0.1) is 11.8 Å². The SMILES string of the molecule is CNc1nc(Cl)nc2c1ncn2[C@@H]1SCC(O)C1O. The molecule has 0 aromatic carbocycles. The third kappa shape index (κ3) is 2.04. The van der Waals surface area contributed by atoms with Crippen molar-refractivity contribution in [3.05, 3.63) is 11.6 Å². The molecule has 0 amide bonds. The van der Waals surface area contributed by atoms with Gasteiger partial charge < -0.3 is 15.5 Å². The molecule has 0 saturated carbocycles. The summed E-state index contributed by atoms with van der Waals surface area (Å²) in [5, 5.41) is 22.3. The smallest absolute Gasteiger partial charge is 0.226 e. The molecule has 19 heavy (non-hydrogen) atoms. The lowest BCUT2D eigenvalue weighted by molar-refractivity contribution is 0.0313. The zero-order chi connectivity index (χ0) is 13.6. The molecule has 1 aliphatic heterocycles. The van der Waals surface area contributed by atoms with Crippen LogP contribution in [0.3, 0.4) is 0 Å². The van der Waals surface area contributed by atoms with E-state index in [2.05, 4.69) is 20.3 Å². The summed E-state index contributed by atoms with van der Waals surface area (Å²) in [6.45, 7) is 0. The van der Waals surface area contributed by atoms with E-state index >= 15 is 0 Å².